The Morgan fingerprint density at radius 1 is 1.28 bits per heavy atom. The largest absolute Gasteiger partial charge is 0.316 e. The molecule has 1 aromatic rings. The van der Waals surface area contributed by atoms with Gasteiger partial charge in [0.1, 0.15) is 5.82 Å². The van der Waals surface area contributed by atoms with Crippen molar-refractivity contribution in [3.8, 4) is 0 Å². The van der Waals surface area contributed by atoms with Gasteiger partial charge in [-0.3, -0.25) is 0 Å². The highest BCUT2D eigenvalue weighted by Crippen LogP contribution is 2.21. The first-order valence-corrected chi connectivity index (χ1v) is 7.48. The predicted octanol–water partition coefficient (Wildman–Crippen LogP) is 4.40. The number of halogens is 2. The molecule has 0 spiro atoms. The smallest absolute Gasteiger partial charge is 0.127 e. The maximum atomic E-state index is 13.7. The molecule has 2 unspecified atom stereocenters. The summed E-state index contributed by atoms with van der Waals surface area (Å²) in [7, 11) is 0. The van der Waals surface area contributed by atoms with Crippen molar-refractivity contribution in [1.29, 1.82) is 0 Å². The molecule has 1 rings (SSSR count). The normalized spacial score (nSPS) is 14.5. The predicted molar refractivity (Wildman–Crippen MR) is 79.3 cm³/mol. The van der Waals surface area contributed by atoms with Crippen LogP contribution in [-0.2, 0) is 6.42 Å². The van der Waals surface area contributed by atoms with Gasteiger partial charge in [-0.25, -0.2) is 4.39 Å². The zero-order chi connectivity index (χ0) is 13.5. The molecule has 0 heterocycles. The highest BCUT2D eigenvalue weighted by atomic mass is 79.9. The summed E-state index contributed by atoms with van der Waals surface area (Å²) in [4.78, 5) is 0. The highest BCUT2D eigenvalue weighted by Gasteiger charge is 2.14. The van der Waals surface area contributed by atoms with Crippen molar-refractivity contribution < 1.29 is 4.39 Å². The number of hydrogen-bond donors (Lipinski definition) is 1. The van der Waals surface area contributed by atoms with E-state index >= 15 is 0 Å². The lowest BCUT2D eigenvalue weighted by atomic mass is 9.89. The van der Waals surface area contributed by atoms with E-state index in [-0.39, 0.29) is 5.82 Å². The van der Waals surface area contributed by atoms with E-state index in [1.807, 2.05) is 12.1 Å². The molecular formula is C15H23BrFN. The summed E-state index contributed by atoms with van der Waals surface area (Å²) < 4.78 is 14.5. The van der Waals surface area contributed by atoms with E-state index in [0.29, 0.717) is 11.8 Å². The standard InChI is InChI=1S/C15H23BrFN/c1-4-7-18-10-12(3)11(2)8-13-5-6-14(16)9-15(13)17/h5-6,9,11-12,18H,4,7-8,10H2,1-3H3. The molecule has 102 valence electrons. The molecule has 0 saturated carbocycles. The monoisotopic (exact) mass is 315 g/mol. The van der Waals surface area contributed by atoms with Gasteiger partial charge in [-0.05, 0) is 55.5 Å². The number of benzene rings is 1. The quantitative estimate of drug-likeness (QED) is 0.735. The van der Waals surface area contributed by atoms with E-state index in [4.69, 9.17) is 0 Å². The van der Waals surface area contributed by atoms with E-state index in [1.165, 1.54) is 0 Å². The molecular weight excluding hydrogens is 293 g/mol. The summed E-state index contributed by atoms with van der Waals surface area (Å²) in [5.41, 5.74) is 0.813. The van der Waals surface area contributed by atoms with Gasteiger partial charge in [0, 0.05) is 4.47 Å². The first kappa shape index (κ1) is 15.6. The van der Waals surface area contributed by atoms with Gasteiger partial charge < -0.3 is 5.32 Å². The molecule has 0 fully saturated rings. The van der Waals surface area contributed by atoms with Crippen molar-refractivity contribution in [1.82, 2.24) is 5.32 Å². The molecule has 0 aromatic heterocycles. The fraction of sp³-hybridized carbons (Fsp3) is 0.600. The number of nitrogens with one attached hydrogen (secondary N) is 1. The van der Waals surface area contributed by atoms with Gasteiger partial charge >= 0.3 is 0 Å². The van der Waals surface area contributed by atoms with Crippen LogP contribution in [0.25, 0.3) is 0 Å². The average molecular weight is 316 g/mol. The second-order valence-electron chi connectivity index (χ2n) is 5.10. The third-order valence-electron chi connectivity index (χ3n) is 3.42. The topological polar surface area (TPSA) is 12.0 Å². The minimum absolute atomic E-state index is 0.107. The molecule has 2 atom stereocenters. The molecule has 0 aliphatic carbocycles. The molecule has 0 bridgehead atoms. The van der Waals surface area contributed by atoms with Gasteiger partial charge in [0.25, 0.3) is 0 Å². The molecule has 3 heteroatoms. The van der Waals surface area contributed by atoms with Crippen LogP contribution in [0.5, 0.6) is 0 Å². The van der Waals surface area contributed by atoms with Crippen molar-refractivity contribution in [2.75, 3.05) is 13.1 Å². The highest BCUT2D eigenvalue weighted by molar-refractivity contribution is 9.10. The van der Waals surface area contributed by atoms with Crippen LogP contribution in [0.15, 0.2) is 22.7 Å². The van der Waals surface area contributed by atoms with Crippen LogP contribution in [0.4, 0.5) is 4.39 Å². The molecule has 0 radical (unpaired) electrons. The summed E-state index contributed by atoms with van der Waals surface area (Å²) in [6.07, 6.45) is 1.95. The Morgan fingerprint density at radius 2 is 2.00 bits per heavy atom. The summed E-state index contributed by atoms with van der Waals surface area (Å²) in [5, 5.41) is 3.42. The van der Waals surface area contributed by atoms with Gasteiger partial charge in [-0.2, -0.15) is 0 Å². The third kappa shape index (κ3) is 5.07. The van der Waals surface area contributed by atoms with Crippen molar-refractivity contribution in [3.05, 3.63) is 34.1 Å². The molecule has 1 aromatic carbocycles. The van der Waals surface area contributed by atoms with E-state index in [0.717, 1.165) is 36.0 Å². The van der Waals surface area contributed by atoms with Crippen LogP contribution >= 0.6 is 15.9 Å². The van der Waals surface area contributed by atoms with Crippen LogP contribution in [0.2, 0.25) is 0 Å². The Kier molecular flexibility index (Phi) is 6.87. The van der Waals surface area contributed by atoms with Gasteiger partial charge in [0.15, 0.2) is 0 Å². The van der Waals surface area contributed by atoms with Crippen molar-refractivity contribution in [2.24, 2.45) is 11.8 Å². The maximum Gasteiger partial charge on any atom is 0.127 e. The lowest BCUT2D eigenvalue weighted by Crippen LogP contribution is -2.26. The summed E-state index contributed by atoms with van der Waals surface area (Å²) in [6, 6.07) is 5.33. The average Bonchev–Trinajstić information content (AvgIpc) is 2.32. The van der Waals surface area contributed by atoms with Gasteiger partial charge in [-0.1, -0.05) is 42.8 Å². The SMILES string of the molecule is CCCNCC(C)C(C)Cc1ccc(Br)cc1F. The fourth-order valence-corrected chi connectivity index (χ4v) is 2.28. The minimum Gasteiger partial charge on any atom is -0.316 e. The number of rotatable bonds is 7. The van der Waals surface area contributed by atoms with Crippen LogP contribution < -0.4 is 5.32 Å². The Labute approximate surface area is 118 Å². The van der Waals surface area contributed by atoms with E-state index in [1.54, 1.807) is 6.07 Å². The van der Waals surface area contributed by atoms with E-state index < -0.39 is 0 Å². The zero-order valence-electron chi connectivity index (χ0n) is 11.5. The number of hydrogen-bond acceptors (Lipinski definition) is 1. The second kappa shape index (κ2) is 7.90. The molecule has 1 nitrogen and oxygen atoms in total. The molecule has 18 heavy (non-hydrogen) atoms. The van der Waals surface area contributed by atoms with Crippen molar-refractivity contribution in [2.45, 2.75) is 33.6 Å². The van der Waals surface area contributed by atoms with Crippen molar-refractivity contribution >= 4 is 15.9 Å². The van der Waals surface area contributed by atoms with Crippen LogP contribution in [-0.4, -0.2) is 13.1 Å². The molecule has 1 N–H and O–H groups in total. The second-order valence-corrected chi connectivity index (χ2v) is 6.01. The minimum atomic E-state index is -0.107. The van der Waals surface area contributed by atoms with E-state index in [2.05, 4.69) is 42.0 Å². The summed E-state index contributed by atoms with van der Waals surface area (Å²) >= 11 is 3.28. The van der Waals surface area contributed by atoms with Crippen LogP contribution in [0, 0.1) is 17.7 Å². The van der Waals surface area contributed by atoms with Crippen LogP contribution in [0.3, 0.4) is 0 Å². The zero-order valence-corrected chi connectivity index (χ0v) is 13.1. The van der Waals surface area contributed by atoms with Crippen LogP contribution in [0.1, 0.15) is 32.8 Å². The maximum absolute atomic E-state index is 13.7. The summed E-state index contributed by atoms with van der Waals surface area (Å²) in [5.74, 6) is 0.926. The van der Waals surface area contributed by atoms with E-state index in [9.17, 15) is 4.39 Å². The van der Waals surface area contributed by atoms with Gasteiger partial charge in [-0.15, -0.1) is 0 Å². The first-order chi connectivity index (χ1) is 8.54. The molecule has 0 amide bonds. The molecule has 0 aliphatic rings. The Balaban J connectivity index is 2.50. The Morgan fingerprint density at radius 3 is 2.61 bits per heavy atom. The fourth-order valence-electron chi connectivity index (χ4n) is 1.94. The lowest BCUT2D eigenvalue weighted by Gasteiger charge is -2.20. The lowest BCUT2D eigenvalue weighted by molar-refractivity contribution is 0.361. The summed E-state index contributed by atoms with van der Waals surface area (Å²) in [6.45, 7) is 8.65. The molecule has 0 saturated heterocycles. The third-order valence-corrected chi connectivity index (χ3v) is 3.91. The first-order valence-electron chi connectivity index (χ1n) is 6.69. The Bertz CT molecular complexity index is 368. The Hall–Kier alpha value is -0.410. The van der Waals surface area contributed by atoms with Crippen molar-refractivity contribution in [3.63, 3.8) is 0 Å². The van der Waals surface area contributed by atoms with Gasteiger partial charge in [0.2, 0.25) is 0 Å². The van der Waals surface area contributed by atoms with Gasteiger partial charge in [0.05, 0.1) is 0 Å². The molecule has 0 aliphatic heterocycles.